The molecule has 0 aromatic carbocycles. The lowest BCUT2D eigenvalue weighted by atomic mass is 9.89. The molecule has 120 valence electrons. The number of allylic oxidation sites excluding steroid dienone is 2. The summed E-state index contributed by atoms with van der Waals surface area (Å²) >= 11 is 0. The summed E-state index contributed by atoms with van der Waals surface area (Å²) in [5, 5.41) is 30.1. The van der Waals surface area contributed by atoms with Gasteiger partial charge in [0.1, 0.15) is 0 Å². The third kappa shape index (κ3) is 4.39. The predicted molar refractivity (Wildman–Crippen MR) is 81.5 cm³/mol. The summed E-state index contributed by atoms with van der Waals surface area (Å²) in [5.41, 5.74) is 0.378. The van der Waals surface area contributed by atoms with Gasteiger partial charge in [-0.3, -0.25) is 0 Å². The minimum atomic E-state index is -0.873. The lowest BCUT2D eigenvalue weighted by molar-refractivity contribution is -0.0949. The van der Waals surface area contributed by atoms with Gasteiger partial charge >= 0.3 is 0 Å². The summed E-state index contributed by atoms with van der Waals surface area (Å²) in [6.45, 7) is 5.89. The Morgan fingerprint density at radius 3 is 2.67 bits per heavy atom. The molecule has 1 saturated heterocycles. The Hall–Kier alpha value is -0.680. The van der Waals surface area contributed by atoms with Crippen molar-refractivity contribution in [2.24, 2.45) is 11.8 Å². The zero-order valence-electron chi connectivity index (χ0n) is 13.2. The molecule has 1 heterocycles. The normalized spacial score (nSPS) is 38.5. The molecule has 0 spiro atoms. The summed E-state index contributed by atoms with van der Waals surface area (Å²) in [6.07, 6.45) is 7.24. The highest BCUT2D eigenvalue weighted by Crippen LogP contribution is 2.43. The van der Waals surface area contributed by atoms with E-state index < -0.39 is 18.0 Å². The van der Waals surface area contributed by atoms with Crippen molar-refractivity contribution in [1.29, 1.82) is 0 Å². The zero-order valence-corrected chi connectivity index (χ0v) is 13.2. The smallest absolute Gasteiger partial charge is 0.155 e. The second kappa shape index (κ2) is 6.61. The maximum atomic E-state index is 10.4. The van der Waals surface area contributed by atoms with E-state index in [-0.39, 0.29) is 17.9 Å². The molecule has 1 aliphatic heterocycles. The molecular weight excluding hydrogens is 268 g/mol. The summed E-state index contributed by atoms with van der Waals surface area (Å²) in [6, 6.07) is 0. The molecule has 21 heavy (non-hydrogen) atoms. The van der Waals surface area contributed by atoms with Crippen LogP contribution in [-0.4, -0.2) is 39.4 Å². The van der Waals surface area contributed by atoms with Gasteiger partial charge in [0.05, 0.1) is 17.8 Å². The van der Waals surface area contributed by atoms with Crippen molar-refractivity contribution in [3.63, 3.8) is 0 Å². The van der Waals surface area contributed by atoms with E-state index in [1.165, 1.54) is 5.57 Å². The fourth-order valence-corrected chi connectivity index (χ4v) is 3.38. The van der Waals surface area contributed by atoms with Crippen LogP contribution < -0.4 is 0 Å². The number of aliphatic hydroxyl groups is 3. The second-order valence-electron chi connectivity index (χ2n) is 6.95. The fourth-order valence-electron chi connectivity index (χ4n) is 3.38. The van der Waals surface area contributed by atoms with Crippen molar-refractivity contribution in [3.05, 3.63) is 23.8 Å². The molecule has 4 nitrogen and oxygen atoms in total. The molecule has 2 aliphatic rings. The Balaban J connectivity index is 1.94. The van der Waals surface area contributed by atoms with E-state index in [4.69, 9.17) is 4.74 Å². The summed E-state index contributed by atoms with van der Waals surface area (Å²) in [5.74, 6) is 0.113. The molecule has 0 bridgehead atoms. The first-order chi connectivity index (χ1) is 9.78. The van der Waals surface area contributed by atoms with Crippen LogP contribution in [0.4, 0.5) is 0 Å². The first kappa shape index (κ1) is 16.7. The lowest BCUT2D eigenvalue weighted by Gasteiger charge is -2.21. The van der Waals surface area contributed by atoms with E-state index in [1.54, 1.807) is 13.0 Å². The van der Waals surface area contributed by atoms with Crippen molar-refractivity contribution < 1.29 is 20.1 Å². The van der Waals surface area contributed by atoms with E-state index in [9.17, 15) is 15.3 Å². The number of aliphatic hydroxyl groups excluding tert-OH is 2. The van der Waals surface area contributed by atoms with Gasteiger partial charge in [-0.25, -0.2) is 0 Å². The van der Waals surface area contributed by atoms with E-state index in [1.807, 2.05) is 19.9 Å². The third-order valence-electron chi connectivity index (χ3n) is 4.58. The van der Waals surface area contributed by atoms with Gasteiger partial charge in [-0.1, -0.05) is 23.8 Å². The van der Waals surface area contributed by atoms with Crippen LogP contribution in [0.15, 0.2) is 23.8 Å². The van der Waals surface area contributed by atoms with E-state index in [0.29, 0.717) is 19.3 Å². The number of hydrogen-bond donors (Lipinski definition) is 3. The van der Waals surface area contributed by atoms with Gasteiger partial charge in [0.25, 0.3) is 0 Å². The maximum absolute atomic E-state index is 10.4. The van der Waals surface area contributed by atoms with E-state index in [2.05, 4.69) is 6.08 Å². The maximum Gasteiger partial charge on any atom is 0.155 e. The van der Waals surface area contributed by atoms with Crippen LogP contribution in [0.1, 0.15) is 46.5 Å². The monoisotopic (exact) mass is 296 g/mol. The summed E-state index contributed by atoms with van der Waals surface area (Å²) in [4.78, 5) is 0. The van der Waals surface area contributed by atoms with Gasteiger partial charge in [-0.15, -0.1) is 0 Å². The number of fused-ring (bicyclic) bond motifs is 1. The Kier molecular flexibility index (Phi) is 5.25. The van der Waals surface area contributed by atoms with Crippen molar-refractivity contribution in [2.75, 3.05) is 0 Å². The SMILES string of the molecule is CC(C)=CCCC(C)(O)/C=C/[C@@H]1[C@H]2CC(O)O[C@H]2C[C@H]1O. The van der Waals surface area contributed by atoms with Gasteiger partial charge < -0.3 is 20.1 Å². The average Bonchev–Trinajstić information content (AvgIpc) is 2.81. The first-order valence-corrected chi connectivity index (χ1v) is 7.85. The molecule has 0 aromatic rings. The standard InChI is InChI=1S/C17H28O4/c1-11(2)5-4-7-17(3,20)8-6-12-13-9-16(19)21-15(13)10-14(12)18/h5-6,8,12-16,18-20H,4,7,9-10H2,1-3H3/b8-6+/t12-,13-,14-,15+,16?,17?/m1/s1. The molecule has 3 N–H and O–H groups in total. The van der Waals surface area contributed by atoms with Crippen molar-refractivity contribution in [3.8, 4) is 0 Å². The molecule has 1 saturated carbocycles. The minimum absolute atomic E-state index is 0.0397. The highest BCUT2D eigenvalue weighted by Gasteiger charge is 2.47. The van der Waals surface area contributed by atoms with Gasteiger partial charge in [-0.2, -0.15) is 0 Å². The largest absolute Gasteiger partial charge is 0.392 e. The Morgan fingerprint density at radius 2 is 2.00 bits per heavy atom. The summed E-state index contributed by atoms with van der Waals surface area (Å²) < 4.78 is 5.40. The zero-order chi connectivity index (χ0) is 15.6. The summed E-state index contributed by atoms with van der Waals surface area (Å²) in [7, 11) is 0. The molecule has 2 fully saturated rings. The van der Waals surface area contributed by atoms with Gasteiger partial charge in [-0.05, 0) is 39.5 Å². The number of hydrogen-bond acceptors (Lipinski definition) is 4. The molecule has 0 aromatic heterocycles. The number of rotatable bonds is 5. The van der Waals surface area contributed by atoms with Crippen LogP contribution in [-0.2, 0) is 4.74 Å². The van der Waals surface area contributed by atoms with Crippen LogP contribution in [0.2, 0.25) is 0 Å². The van der Waals surface area contributed by atoms with E-state index >= 15 is 0 Å². The molecule has 0 radical (unpaired) electrons. The van der Waals surface area contributed by atoms with Crippen LogP contribution in [0, 0.1) is 11.8 Å². The predicted octanol–water partition coefficient (Wildman–Crippen LogP) is 2.14. The third-order valence-corrected chi connectivity index (χ3v) is 4.58. The van der Waals surface area contributed by atoms with Crippen LogP contribution in [0.25, 0.3) is 0 Å². The Labute approximate surface area is 127 Å². The quantitative estimate of drug-likeness (QED) is 0.680. The van der Waals surface area contributed by atoms with Gasteiger partial charge in [0.15, 0.2) is 6.29 Å². The highest BCUT2D eigenvalue weighted by atomic mass is 16.6. The van der Waals surface area contributed by atoms with Crippen LogP contribution >= 0.6 is 0 Å². The molecule has 0 amide bonds. The lowest BCUT2D eigenvalue weighted by Crippen LogP contribution is -2.23. The number of ether oxygens (including phenoxy) is 1. The average molecular weight is 296 g/mol. The highest BCUT2D eigenvalue weighted by molar-refractivity contribution is 5.09. The Morgan fingerprint density at radius 1 is 1.29 bits per heavy atom. The Bertz CT molecular complexity index is 409. The molecule has 2 unspecified atom stereocenters. The van der Waals surface area contributed by atoms with Crippen LogP contribution in [0.3, 0.4) is 0 Å². The molecule has 6 atom stereocenters. The van der Waals surface area contributed by atoms with Crippen molar-refractivity contribution in [1.82, 2.24) is 0 Å². The molecular formula is C17H28O4. The molecule has 1 aliphatic carbocycles. The van der Waals surface area contributed by atoms with Gasteiger partial charge in [0.2, 0.25) is 0 Å². The van der Waals surface area contributed by atoms with Crippen molar-refractivity contribution >= 4 is 0 Å². The fraction of sp³-hybridized carbons (Fsp3) is 0.765. The van der Waals surface area contributed by atoms with Gasteiger partial charge in [0, 0.05) is 18.8 Å². The van der Waals surface area contributed by atoms with Crippen LogP contribution in [0.5, 0.6) is 0 Å². The van der Waals surface area contributed by atoms with E-state index in [0.717, 1.165) is 6.42 Å². The molecule has 2 rings (SSSR count). The topological polar surface area (TPSA) is 69.9 Å². The second-order valence-corrected chi connectivity index (χ2v) is 6.95. The van der Waals surface area contributed by atoms with Crippen molar-refractivity contribution in [2.45, 2.75) is 70.6 Å². The first-order valence-electron chi connectivity index (χ1n) is 7.85. The molecule has 4 heteroatoms. The minimum Gasteiger partial charge on any atom is -0.392 e.